The van der Waals surface area contributed by atoms with Crippen LogP contribution in [0, 0.1) is 0 Å². The van der Waals surface area contributed by atoms with Gasteiger partial charge in [0.25, 0.3) is 0 Å². The molecule has 2 rings (SSSR count). The molecule has 2 fully saturated rings. The summed E-state index contributed by atoms with van der Waals surface area (Å²) in [7, 11) is 0. The lowest BCUT2D eigenvalue weighted by atomic mass is 10.0. The van der Waals surface area contributed by atoms with Crippen LogP contribution in [-0.2, 0) is 0 Å². The van der Waals surface area contributed by atoms with Gasteiger partial charge in [0.1, 0.15) is 0 Å². The monoisotopic (exact) mass is 141 g/mol. The number of hydrogen-bond donors (Lipinski definition) is 1. The highest BCUT2D eigenvalue weighted by atomic mass is 16.3. The number of rotatable bonds is 1. The number of aliphatic hydroxyl groups is 1. The minimum atomic E-state index is 0.287. The third-order valence-electron chi connectivity index (χ3n) is 3.01. The fourth-order valence-electron chi connectivity index (χ4n) is 2.45. The molecular formula is C8H15NO. The predicted molar refractivity (Wildman–Crippen MR) is 39.6 cm³/mol. The molecule has 0 aromatic rings. The Bertz CT molecular complexity index is 110. The van der Waals surface area contributed by atoms with Crippen LogP contribution >= 0.6 is 0 Å². The summed E-state index contributed by atoms with van der Waals surface area (Å²) in [5, 5.41) is 9.00. The van der Waals surface area contributed by atoms with E-state index in [0.29, 0.717) is 0 Å². The van der Waals surface area contributed by atoms with Crippen molar-refractivity contribution in [1.29, 1.82) is 0 Å². The van der Waals surface area contributed by atoms with Gasteiger partial charge in [0.05, 0.1) is 6.73 Å². The normalized spacial score (nSPS) is 40.5. The van der Waals surface area contributed by atoms with Gasteiger partial charge in [-0.3, -0.25) is 4.90 Å². The van der Waals surface area contributed by atoms with E-state index in [-0.39, 0.29) is 6.73 Å². The maximum Gasteiger partial charge on any atom is 0.0961 e. The van der Waals surface area contributed by atoms with Gasteiger partial charge in [-0.15, -0.1) is 0 Å². The van der Waals surface area contributed by atoms with Crippen molar-refractivity contribution in [3.63, 3.8) is 0 Å². The molecule has 2 aliphatic heterocycles. The Labute approximate surface area is 61.8 Å². The van der Waals surface area contributed by atoms with Crippen LogP contribution in [0.2, 0.25) is 0 Å². The molecule has 2 heteroatoms. The molecule has 0 aliphatic carbocycles. The van der Waals surface area contributed by atoms with Crippen LogP contribution in [0.15, 0.2) is 0 Å². The third-order valence-corrected chi connectivity index (χ3v) is 3.01. The van der Waals surface area contributed by atoms with Crippen molar-refractivity contribution in [2.75, 3.05) is 6.73 Å². The summed E-state index contributed by atoms with van der Waals surface area (Å²) >= 11 is 0. The highest BCUT2D eigenvalue weighted by molar-refractivity contribution is 4.90. The van der Waals surface area contributed by atoms with Crippen LogP contribution in [0.25, 0.3) is 0 Å². The molecule has 2 heterocycles. The molecule has 1 N–H and O–H groups in total. The molecule has 2 nitrogen and oxygen atoms in total. The van der Waals surface area contributed by atoms with Crippen molar-refractivity contribution in [1.82, 2.24) is 4.90 Å². The largest absolute Gasteiger partial charge is 0.381 e. The van der Waals surface area contributed by atoms with Crippen molar-refractivity contribution in [2.24, 2.45) is 0 Å². The van der Waals surface area contributed by atoms with E-state index in [2.05, 4.69) is 4.90 Å². The van der Waals surface area contributed by atoms with Gasteiger partial charge < -0.3 is 5.11 Å². The first-order chi connectivity index (χ1) is 4.92. The van der Waals surface area contributed by atoms with Crippen molar-refractivity contribution in [3.8, 4) is 0 Å². The molecule has 2 saturated heterocycles. The van der Waals surface area contributed by atoms with Crippen molar-refractivity contribution in [3.05, 3.63) is 0 Å². The van der Waals surface area contributed by atoms with Gasteiger partial charge in [0.15, 0.2) is 0 Å². The van der Waals surface area contributed by atoms with Crippen LogP contribution in [-0.4, -0.2) is 28.8 Å². The summed E-state index contributed by atoms with van der Waals surface area (Å²) in [6, 6.07) is 1.45. The molecule has 0 aromatic carbocycles. The molecule has 0 aromatic heterocycles. The van der Waals surface area contributed by atoms with Gasteiger partial charge in [0.2, 0.25) is 0 Å². The van der Waals surface area contributed by atoms with Gasteiger partial charge in [-0.2, -0.15) is 0 Å². The summed E-state index contributed by atoms with van der Waals surface area (Å²) in [4.78, 5) is 2.27. The smallest absolute Gasteiger partial charge is 0.0961 e. The Balaban J connectivity index is 2.06. The standard InChI is InChI=1S/C8H15NO/c10-6-9-7-2-1-3-8(9)5-4-7/h7-8,10H,1-6H2/t7-,8+. The topological polar surface area (TPSA) is 23.5 Å². The first-order valence-corrected chi connectivity index (χ1v) is 4.28. The average molecular weight is 141 g/mol. The van der Waals surface area contributed by atoms with E-state index in [9.17, 15) is 0 Å². The zero-order valence-corrected chi connectivity index (χ0v) is 6.29. The van der Waals surface area contributed by atoms with E-state index < -0.39 is 0 Å². The highest BCUT2D eigenvalue weighted by Crippen LogP contribution is 2.34. The summed E-state index contributed by atoms with van der Waals surface area (Å²) in [5.41, 5.74) is 0. The van der Waals surface area contributed by atoms with E-state index in [1.165, 1.54) is 32.1 Å². The molecule has 2 bridgehead atoms. The van der Waals surface area contributed by atoms with Crippen LogP contribution in [0.3, 0.4) is 0 Å². The first kappa shape index (κ1) is 6.62. The Kier molecular flexibility index (Phi) is 1.66. The maximum atomic E-state index is 9.00. The van der Waals surface area contributed by atoms with Crippen LogP contribution < -0.4 is 0 Å². The molecule has 10 heavy (non-hydrogen) atoms. The average Bonchev–Trinajstić information content (AvgIpc) is 2.19. The Morgan fingerprint density at radius 3 is 2.10 bits per heavy atom. The van der Waals surface area contributed by atoms with E-state index in [1.54, 1.807) is 0 Å². The Morgan fingerprint density at radius 2 is 1.70 bits per heavy atom. The molecule has 0 saturated carbocycles. The summed E-state index contributed by atoms with van der Waals surface area (Å²) in [6.45, 7) is 0.287. The molecule has 0 spiro atoms. The lowest BCUT2D eigenvalue weighted by Gasteiger charge is -2.32. The van der Waals surface area contributed by atoms with Crippen molar-refractivity contribution in [2.45, 2.75) is 44.2 Å². The van der Waals surface area contributed by atoms with Crippen LogP contribution in [0.5, 0.6) is 0 Å². The van der Waals surface area contributed by atoms with Crippen molar-refractivity contribution < 1.29 is 5.11 Å². The quantitative estimate of drug-likeness (QED) is 0.587. The minimum Gasteiger partial charge on any atom is -0.381 e. The molecule has 0 unspecified atom stereocenters. The first-order valence-electron chi connectivity index (χ1n) is 4.28. The van der Waals surface area contributed by atoms with Gasteiger partial charge in [0, 0.05) is 12.1 Å². The molecule has 0 amide bonds. The lowest BCUT2D eigenvalue weighted by molar-refractivity contribution is 0.0380. The molecule has 0 radical (unpaired) electrons. The van der Waals surface area contributed by atoms with E-state index in [4.69, 9.17) is 5.11 Å². The number of nitrogens with zero attached hydrogens (tertiary/aromatic N) is 1. The van der Waals surface area contributed by atoms with Gasteiger partial charge in [-0.1, -0.05) is 6.42 Å². The Hall–Kier alpha value is -0.0800. The van der Waals surface area contributed by atoms with Crippen molar-refractivity contribution >= 4 is 0 Å². The third kappa shape index (κ3) is 0.867. The predicted octanol–water partition coefficient (Wildman–Crippen LogP) is 0.953. The SMILES string of the molecule is OCN1[C@@H]2CCC[C@H]1CC2. The Morgan fingerprint density at radius 1 is 1.10 bits per heavy atom. The highest BCUT2D eigenvalue weighted by Gasteiger charge is 2.35. The zero-order chi connectivity index (χ0) is 6.97. The fraction of sp³-hybridized carbons (Fsp3) is 1.00. The number of aliphatic hydroxyl groups excluding tert-OH is 1. The number of piperidine rings is 1. The minimum absolute atomic E-state index is 0.287. The zero-order valence-electron chi connectivity index (χ0n) is 6.29. The second-order valence-corrected chi connectivity index (χ2v) is 3.47. The van der Waals surface area contributed by atoms with E-state index >= 15 is 0 Å². The summed E-state index contributed by atoms with van der Waals surface area (Å²) in [6.07, 6.45) is 6.66. The van der Waals surface area contributed by atoms with Crippen LogP contribution in [0.4, 0.5) is 0 Å². The van der Waals surface area contributed by atoms with Gasteiger partial charge in [-0.25, -0.2) is 0 Å². The second kappa shape index (κ2) is 2.51. The summed E-state index contributed by atoms with van der Waals surface area (Å²) < 4.78 is 0. The lowest BCUT2D eigenvalue weighted by Crippen LogP contribution is -2.39. The molecule has 58 valence electrons. The molecular weight excluding hydrogens is 126 g/mol. The fourth-order valence-corrected chi connectivity index (χ4v) is 2.45. The van der Waals surface area contributed by atoms with E-state index in [0.717, 1.165) is 12.1 Å². The number of hydrogen-bond acceptors (Lipinski definition) is 2. The second-order valence-electron chi connectivity index (χ2n) is 3.47. The van der Waals surface area contributed by atoms with Crippen LogP contribution in [0.1, 0.15) is 32.1 Å². The number of fused-ring (bicyclic) bond motifs is 2. The molecule has 2 aliphatic rings. The van der Waals surface area contributed by atoms with E-state index in [1.807, 2.05) is 0 Å². The molecule has 2 atom stereocenters. The van der Waals surface area contributed by atoms with Gasteiger partial charge >= 0.3 is 0 Å². The summed E-state index contributed by atoms with van der Waals surface area (Å²) in [5.74, 6) is 0. The van der Waals surface area contributed by atoms with Gasteiger partial charge in [-0.05, 0) is 25.7 Å². The maximum absolute atomic E-state index is 9.00.